The van der Waals surface area contributed by atoms with Gasteiger partial charge in [0.2, 0.25) is 5.79 Å². The summed E-state index contributed by atoms with van der Waals surface area (Å²) in [6.07, 6.45) is 0.917. The van der Waals surface area contributed by atoms with E-state index in [0.29, 0.717) is 22.2 Å². The molecule has 0 spiro atoms. The molecule has 1 aliphatic heterocycles. The Hall–Kier alpha value is -1.10. The molecule has 0 aromatic heterocycles. The summed E-state index contributed by atoms with van der Waals surface area (Å²) in [7, 11) is 0. The summed E-state index contributed by atoms with van der Waals surface area (Å²) < 4.78 is 5.91. The number of hydrogen-bond donors (Lipinski definition) is 2. The summed E-state index contributed by atoms with van der Waals surface area (Å²) in [4.78, 5) is 0. The third kappa shape index (κ3) is 3.39. The summed E-state index contributed by atoms with van der Waals surface area (Å²) in [5.41, 5.74) is 1.59. The molecule has 2 aromatic rings. The SMILES string of the molecule is CCC1COC(O)(c2ccc(Cl)cc2)C(c2ccc(Cl)cc2)N1. The van der Waals surface area contributed by atoms with Crippen molar-refractivity contribution >= 4 is 23.2 Å². The highest BCUT2D eigenvalue weighted by Crippen LogP contribution is 2.40. The van der Waals surface area contributed by atoms with E-state index >= 15 is 0 Å². The van der Waals surface area contributed by atoms with Crippen molar-refractivity contribution in [2.24, 2.45) is 0 Å². The van der Waals surface area contributed by atoms with Crippen molar-refractivity contribution in [3.63, 3.8) is 0 Å². The molecule has 2 N–H and O–H groups in total. The summed E-state index contributed by atoms with van der Waals surface area (Å²) in [5.74, 6) is -1.45. The van der Waals surface area contributed by atoms with E-state index in [1.807, 2.05) is 24.3 Å². The molecular formula is C18H19Cl2NO2. The van der Waals surface area contributed by atoms with Crippen LogP contribution >= 0.6 is 23.2 Å². The van der Waals surface area contributed by atoms with Crippen LogP contribution in [0.2, 0.25) is 10.0 Å². The number of ether oxygens (including phenoxy) is 1. The Kier molecular flexibility index (Phi) is 4.95. The molecule has 1 heterocycles. The summed E-state index contributed by atoms with van der Waals surface area (Å²) >= 11 is 11.9. The summed E-state index contributed by atoms with van der Waals surface area (Å²) in [6.45, 7) is 2.53. The molecule has 2 aromatic carbocycles. The van der Waals surface area contributed by atoms with Crippen LogP contribution in [0.3, 0.4) is 0 Å². The Morgan fingerprint density at radius 2 is 1.65 bits per heavy atom. The lowest BCUT2D eigenvalue weighted by atomic mass is 9.89. The van der Waals surface area contributed by atoms with E-state index in [9.17, 15) is 5.11 Å². The largest absolute Gasteiger partial charge is 0.360 e. The van der Waals surface area contributed by atoms with E-state index in [2.05, 4.69) is 12.2 Å². The van der Waals surface area contributed by atoms with Crippen molar-refractivity contribution in [2.45, 2.75) is 31.2 Å². The first-order valence-electron chi connectivity index (χ1n) is 7.67. The maximum Gasteiger partial charge on any atom is 0.212 e. The number of nitrogens with one attached hydrogen (secondary N) is 1. The van der Waals surface area contributed by atoms with Crippen molar-refractivity contribution in [1.29, 1.82) is 0 Å². The lowest BCUT2D eigenvalue weighted by Gasteiger charge is -2.44. The second-order valence-electron chi connectivity index (χ2n) is 5.77. The number of morpholine rings is 1. The van der Waals surface area contributed by atoms with Gasteiger partial charge in [-0.05, 0) is 36.2 Å². The highest BCUT2D eigenvalue weighted by molar-refractivity contribution is 6.30. The lowest BCUT2D eigenvalue weighted by Crippen LogP contribution is -2.54. The molecule has 3 rings (SSSR count). The van der Waals surface area contributed by atoms with E-state index in [4.69, 9.17) is 27.9 Å². The van der Waals surface area contributed by atoms with Crippen LogP contribution in [-0.4, -0.2) is 17.8 Å². The van der Waals surface area contributed by atoms with Gasteiger partial charge >= 0.3 is 0 Å². The Morgan fingerprint density at radius 1 is 1.09 bits per heavy atom. The van der Waals surface area contributed by atoms with Crippen molar-refractivity contribution in [3.05, 3.63) is 69.7 Å². The minimum absolute atomic E-state index is 0.184. The normalized spacial score (nSPS) is 27.8. The first kappa shape index (κ1) is 16.7. The fraction of sp³-hybridized carbons (Fsp3) is 0.333. The van der Waals surface area contributed by atoms with Crippen LogP contribution in [-0.2, 0) is 10.5 Å². The molecule has 23 heavy (non-hydrogen) atoms. The predicted octanol–water partition coefficient (Wildman–Crippen LogP) is 4.28. The van der Waals surface area contributed by atoms with Crippen LogP contribution in [0, 0.1) is 0 Å². The molecule has 1 aliphatic rings. The molecule has 0 saturated carbocycles. The maximum absolute atomic E-state index is 11.3. The quantitative estimate of drug-likeness (QED) is 0.867. The maximum atomic E-state index is 11.3. The number of benzene rings is 2. The van der Waals surface area contributed by atoms with Gasteiger partial charge in [-0.3, -0.25) is 0 Å². The van der Waals surface area contributed by atoms with Crippen LogP contribution in [0.1, 0.15) is 30.5 Å². The van der Waals surface area contributed by atoms with E-state index in [0.717, 1.165) is 12.0 Å². The number of aliphatic hydroxyl groups is 1. The third-order valence-electron chi connectivity index (χ3n) is 4.25. The zero-order valence-electron chi connectivity index (χ0n) is 12.8. The monoisotopic (exact) mass is 351 g/mol. The van der Waals surface area contributed by atoms with Crippen molar-refractivity contribution in [3.8, 4) is 0 Å². The topological polar surface area (TPSA) is 41.5 Å². The Labute approximate surface area is 146 Å². The van der Waals surface area contributed by atoms with E-state index in [1.165, 1.54) is 0 Å². The van der Waals surface area contributed by atoms with Gasteiger partial charge in [0.15, 0.2) is 0 Å². The van der Waals surface area contributed by atoms with Crippen molar-refractivity contribution in [2.75, 3.05) is 6.61 Å². The standard InChI is InChI=1S/C18H19Cl2NO2/c1-2-16-11-23-18(22,13-5-9-15(20)10-6-13)17(21-16)12-3-7-14(19)8-4-12/h3-10,16-17,21-22H,2,11H2,1H3. The van der Waals surface area contributed by atoms with Gasteiger partial charge in [-0.1, -0.05) is 54.4 Å². The van der Waals surface area contributed by atoms with Crippen molar-refractivity contribution < 1.29 is 9.84 Å². The zero-order chi connectivity index (χ0) is 16.4. The van der Waals surface area contributed by atoms with Gasteiger partial charge in [0.05, 0.1) is 12.6 Å². The van der Waals surface area contributed by atoms with Gasteiger partial charge in [0, 0.05) is 21.7 Å². The first-order valence-corrected chi connectivity index (χ1v) is 8.42. The van der Waals surface area contributed by atoms with Crippen LogP contribution in [0.15, 0.2) is 48.5 Å². The third-order valence-corrected chi connectivity index (χ3v) is 4.76. The Balaban J connectivity index is 2.01. The fourth-order valence-electron chi connectivity index (χ4n) is 2.86. The van der Waals surface area contributed by atoms with Crippen LogP contribution in [0.4, 0.5) is 0 Å². The van der Waals surface area contributed by atoms with Gasteiger partial charge in [-0.15, -0.1) is 0 Å². The first-order chi connectivity index (χ1) is 11.0. The average Bonchev–Trinajstić information content (AvgIpc) is 2.57. The molecule has 122 valence electrons. The van der Waals surface area contributed by atoms with Gasteiger partial charge in [-0.2, -0.15) is 0 Å². The second-order valence-corrected chi connectivity index (χ2v) is 6.64. The number of rotatable bonds is 3. The van der Waals surface area contributed by atoms with Gasteiger partial charge in [-0.25, -0.2) is 0 Å². The van der Waals surface area contributed by atoms with Crippen LogP contribution in [0.25, 0.3) is 0 Å². The number of hydrogen-bond acceptors (Lipinski definition) is 3. The lowest BCUT2D eigenvalue weighted by molar-refractivity contribution is -0.259. The minimum Gasteiger partial charge on any atom is -0.360 e. The molecule has 0 amide bonds. The Bertz CT molecular complexity index is 660. The molecule has 5 heteroatoms. The minimum atomic E-state index is -1.45. The summed E-state index contributed by atoms with van der Waals surface area (Å²) in [5, 5.41) is 16.0. The van der Waals surface area contributed by atoms with Gasteiger partial charge in [0.25, 0.3) is 0 Å². The molecular weight excluding hydrogens is 333 g/mol. The second kappa shape index (κ2) is 6.80. The molecule has 0 aliphatic carbocycles. The zero-order valence-corrected chi connectivity index (χ0v) is 14.3. The predicted molar refractivity (Wildman–Crippen MR) is 92.7 cm³/mol. The molecule has 0 radical (unpaired) electrons. The van der Waals surface area contributed by atoms with Gasteiger partial charge < -0.3 is 15.2 Å². The molecule has 3 unspecified atom stereocenters. The number of halogens is 2. The van der Waals surface area contributed by atoms with Crippen LogP contribution in [0.5, 0.6) is 0 Å². The van der Waals surface area contributed by atoms with Crippen LogP contribution < -0.4 is 5.32 Å². The molecule has 1 fully saturated rings. The Morgan fingerprint density at radius 3 is 2.22 bits per heavy atom. The highest BCUT2D eigenvalue weighted by atomic mass is 35.5. The van der Waals surface area contributed by atoms with Crippen molar-refractivity contribution in [1.82, 2.24) is 5.32 Å². The smallest absolute Gasteiger partial charge is 0.212 e. The van der Waals surface area contributed by atoms with Gasteiger partial charge in [0.1, 0.15) is 0 Å². The average molecular weight is 352 g/mol. The van der Waals surface area contributed by atoms with E-state index < -0.39 is 5.79 Å². The summed E-state index contributed by atoms with van der Waals surface area (Å²) in [6, 6.07) is 14.3. The van der Waals surface area contributed by atoms with E-state index in [1.54, 1.807) is 24.3 Å². The molecule has 0 bridgehead atoms. The molecule has 3 nitrogen and oxygen atoms in total. The highest BCUT2D eigenvalue weighted by Gasteiger charge is 2.45. The molecule has 1 saturated heterocycles. The van der Waals surface area contributed by atoms with E-state index in [-0.39, 0.29) is 12.1 Å². The fourth-order valence-corrected chi connectivity index (χ4v) is 3.11. The molecule has 3 atom stereocenters.